The minimum atomic E-state index is -0.561. The number of amides is 2. The first-order chi connectivity index (χ1) is 13.5. The highest BCUT2D eigenvalue weighted by Gasteiger charge is 2.22. The minimum absolute atomic E-state index is 0.131. The molecule has 0 aromatic carbocycles. The van der Waals surface area contributed by atoms with E-state index in [1.165, 1.54) is 23.5 Å². The van der Waals surface area contributed by atoms with Crippen LogP contribution < -0.4 is 11.1 Å². The van der Waals surface area contributed by atoms with Crippen molar-refractivity contribution in [3.05, 3.63) is 21.9 Å². The summed E-state index contributed by atoms with van der Waals surface area (Å²) < 4.78 is 9.68. The highest BCUT2D eigenvalue weighted by atomic mass is 32.1. The van der Waals surface area contributed by atoms with Gasteiger partial charge in [-0.25, -0.2) is 14.9 Å². The summed E-state index contributed by atoms with van der Waals surface area (Å²) in [6.45, 7) is 3.20. The molecule has 10 heteroatoms. The largest absolute Gasteiger partial charge is 0.447 e. The zero-order valence-electron chi connectivity index (χ0n) is 16.1. The van der Waals surface area contributed by atoms with Crippen molar-refractivity contribution >= 4 is 40.9 Å². The first-order valence-corrected chi connectivity index (χ1v) is 9.93. The molecular weight excluding hydrogens is 384 g/mol. The van der Waals surface area contributed by atoms with Crippen molar-refractivity contribution in [2.45, 2.75) is 19.8 Å². The zero-order chi connectivity index (χ0) is 20.4. The van der Waals surface area contributed by atoms with Crippen molar-refractivity contribution in [1.82, 2.24) is 10.4 Å². The van der Waals surface area contributed by atoms with Gasteiger partial charge in [-0.05, 0) is 12.5 Å². The Balaban J connectivity index is 1.90. The van der Waals surface area contributed by atoms with Gasteiger partial charge in [0.15, 0.2) is 0 Å². The summed E-state index contributed by atoms with van der Waals surface area (Å²) >= 11 is 1.50. The van der Waals surface area contributed by atoms with E-state index in [0.717, 1.165) is 17.7 Å². The summed E-state index contributed by atoms with van der Waals surface area (Å²) in [5, 5.41) is 7.67. The van der Waals surface area contributed by atoms with Crippen LogP contribution in [-0.4, -0.2) is 62.9 Å². The van der Waals surface area contributed by atoms with Crippen molar-refractivity contribution in [3.63, 3.8) is 0 Å². The molecule has 1 aromatic rings. The Labute approximate surface area is 168 Å². The number of nitrogens with zero attached hydrogens (tertiary/aromatic N) is 2. The molecule has 2 amide bonds. The third-order valence-electron chi connectivity index (χ3n) is 3.70. The number of ether oxygens (including phenoxy) is 2. The third kappa shape index (κ3) is 6.63. The number of alkyl carbamates (subject to hydrolysis) is 1. The molecule has 0 aliphatic carbocycles. The lowest BCUT2D eigenvalue weighted by Crippen LogP contribution is -2.37. The van der Waals surface area contributed by atoms with E-state index in [1.807, 2.05) is 17.7 Å². The number of nitrogens with two attached hydrogens (primary N) is 1. The van der Waals surface area contributed by atoms with Crippen molar-refractivity contribution in [2.75, 3.05) is 40.0 Å². The molecule has 3 N–H and O–H groups in total. The SMILES string of the molecule is CCCN(OCCNC(=O)OCCOC)C(=O)C1=Cc2cscc2N=C(N)C1. The smallest absolute Gasteiger partial charge is 0.407 e. The van der Waals surface area contributed by atoms with Gasteiger partial charge < -0.3 is 20.5 Å². The van der Waals surface area contributed by atoms with Gasteiger partial charge in [-0.2, -0.15) is 0 Å². The molecule has 0 bridgehead atoms. The summed E-state index contributed by atoms with van der Waals surface area (Å²) in [7, 11) is 1.52. The second-order valence-corrected chi connectivity index (χ2v) is 6.70. The van der Waals surface area contributed by atoms with Crippen LogP contribution in [0.5, 0.6) is 0 Å². The lowest BCUT2D eigenvalue weighted by atomic mass is 10.1. The Morgan fingerprint density at radius 2 is 2.14 bits per heavy atom. The van der Waals surface area contributed by atoms with E-state index in [-0.39, 0.29) is 32.1 Å². The second-order valence-electron chi connectivity index (χ2n) is 5.96. The first kappa shape index (κ1) is 21.9. The quantitative estimate of drug-likeness (QED) is 0.451. The van der Waals surface area contributed by atoms with Crippen LogP contribution in [0.25, 0.3) is 6.08 Å². The maximum atomic E-state index is 12.9. The van der Waals surface area contributed by atoms with E-state index in [1.54, 1.807) is 6.08 Å². The van der Waals surface area contributed by atoms with Crippen LogP contribution in [-0.2, 0) is 19.1 Å². The topological polar surface area (TPSA) is 115 Å². The molecule has 0 fully saturated rings. The van der Waals surface area contributed by atoms with Crippen LogP contribution in [0.3, 0.4) is 0 Å². The summed E-state index contributed by atoms with van der Waals surface area (Å²) in [4.78, 5) is 34.3. The lowest BCUT2D eigenvalue weighted by molar-refractivity contribution is -0.181. The summed E-state index contributed by atoms with van der Waals surface area (Å²) in [6.07, 6.45) is 2.22. The van der Waals surface area contributed by atoms with Gasteiger partial charge in [0.1, 0.15) is 12.4 Å². The Hall–Kier alpha value is -2.43. The number of hydroxylamine groups is 2. The fraction of sp³-hybridized carbons (Fsp3) is 0.500. The highest BCUT2D eigenvalue weighted by molar-refractivity contribution is 7.08. The van der Waals surface area contributed by atoms with Crippen LogP contribution in [0.15, 0.2) is 21.3 Å². The van der Waals surface area contributed by atoms with Gasteiger partial charge in [-0.3, -0.25) is 9.63 Å². The molecule has 1 aliphatic heterocycles. The molecule has 154 valence electrons. The predicted octanol–water partition coefficient (Wildman–Crippen LogP) is 2.07. The van der Waals surface area contributed by atoms with E-state index >= 15 is 0 Å². The Morgan fingerprint density at radius 1 is 1.32 bits per heavy atom. The monoisotopic (exact) mass is 410 g/mol. The fourth-order valence-electron chi connectivity index (χ4n) is 2.43. The van der Waals surface area contributed by atoms with Crippen molar-refractivity contribution in [1.29, 1.82) is 0 Å². The number of carbonyl (C=O) groups is 2. The average Bonchev–Trinajstić information content (AvgIpc) is 3.03. The van der Waals surface area contributed by atoms with Crippen molar-refractivity contribution in [2.24, 2.45) is 10.7 Å². The fourth-order valence-corrected chi connectivity index (χ4v) is 3.15. The Bertz CT molecular complexity index is 731. The number of hydrogen-bond donors (Lipinski definition) is 2. The van der Waals surface area contributed by atoms with Gasteiger partial charge in [0.25, 0.3) is 5.91 Å². The van der Waals surface area contributed by atoms with Gasteiger partial charge in [0.05, 0.1) is 18.9 Å². The number of nitrogens with one attached hydrogen (secondary N) is 1. The number of hydrogen-bond acceptors (Lipinski definition) is 8. The first-order valence-electron chi connectivity index (χ1n) is 8.99. The van der Waals surface area contributed by atoms with Crippen molar-refractivity contribution < 1.29 is 23.9 Å². The molecule has 0 atom stereocenters. The van der Waals surface area contributed by atoms with E-state index < -0.39 is 6.09 Å². The average molecular weight is 410 g/mol. The number of aliphatic imine (C=N–C) groups is 1. The summed E-state index contributed by atoms with van der Waals surface area (Å²) in [5.74, 6) is 0.121. The number of carbonyl (C=O) groups excluding carboxylic acids is 2. The van der Waals surface area contributed by atoms with Crippen molar-refractivity contribution in [3.8, 4) is 0 Å². The van der Waals surface area contributed by atoms with Crippen LogP contribution in [0.1, 0.15) is 25.3 Å². The minimum Gasteiger partial charge on any atom is -0.447 e. The molecular formula is C18H26N4O5S. The van der Waals surface area contributed by atoms with Gasteiger partial charge in [-0.15, -0.1) is 11.3 Å². The lowest BCUT2D eigenvalue weighted by Gasteiger charge is -2.22. The highest BCUT2D eigenvalue weighted by Crippen LogP contribution is 2.30. The number of amidine groups is 1. The summed E-state index contributed by atoms with van der Waals surface area (Å²) in [6, 6.07) is 0. The molecule has 9 nitrogen and oxygen atoms in total. The zero-order valence-corrected chi connectivity index (χ0v) is 16.9. The van der Waals surface area contributed by atoms with Gasteiger partial charge in [0, 0.05) is 48.5 Å². The molecule has 1 aromatic heterocycles. The Kier molecular flexibility index (Phi) is 8.92. The molecule has 2 rings (SSSR count). The Morgan fingerprint density at radius 3 is 2.89 bits per heavy atom. The van der Waals surface area contributed by atoms with E-state index in [0.29, 0.717) is 24.6 Å². The van der Waals surface area contributed by atoms with Gasteiger partial charge in [0.2, 0.25) is 0 Å². The normalized spacial score (nSPS) is 13.1. The molecule has 1 aliphatic rings. The molecule has 0 saturated carbocycles. The van der Waals surface area contributed by atoms with Crippen LogP contribution in [0.2, 0.25) is 0 Å². The van der Waals surface area contributed by atoms with Crippen LogP contribution in [0.4, 0.5) is 10.5 Å². The predicted molar refractivity (Wildman–Crippen MR) is 107 cm³/mol. The second kappa shape index (κ2) is 11.4. The van der Waals surface area contributed by atoms with Crippen LogP contribution in [0, 0.1) is 0 Å². The molecule has 0 unspecified atom stereocenters. The number of rotatable bonds is 10. The number of thiophene rings is 1. The molecule has 0 radical (unpaired) electrons. The molecule has 2 heterocycles. The molecule has 0 spiro atoms. The maximum absolute atomic E-state index is 12.9. The molecule has 0 saturated heterocycles. The van der Waals surface area contributed by atoms with E-state index in [2.05, 4.69) is 10.3 Å². The van der Waals surface area contributed by atoms with E-state index in [9.17, 15) is 9.59 Å². The van der Waals surface area contributed by atoms with Gasteiger partial charge >= 0.3 is 6.09 Å². The summed E-state index contributed by atoms with van der Waals surface area (Å²) in [5.41, 5.74) is 8.10. The van der Waals surface area contributed by atoms with Crippen LogP contribution >= 0.6 is 11.3 Å². The number of methoxy groups -OCH3 is 1. The maximum Gasteiger partial charge on any atom is 0.407 e. The number of fused-ring (bicyclic) bond motifs is 1. The van der Waals surface area contributed by atoms with E-state index in [4.69, 9.17) is 20.0 Å². The van der Waals surface area contributed by atoms with Gasteiger partial charge in [-0.1, -0.05) is 6.92 Å². The third-order valence-corrected chi connectivity index (χ3v) is 4.45. The standard InChI is InChI=1S/C18H26N4O5S/c1-3-5-22(27-6-4-20-18(24)26-8-7-25-2)17(23)13-9-14-11-28-12-15(14)21-16(19)10-13/h9,11-12H,3-8,10H2,1-2H3,(H2,19,21)(H,20,24). The molecule has 28 heavy (non-hydrogen) atoms.